The van der Waals surface area contributed by atoms with E-state index < -0.39 is 6.43 Å². The highest BCUT2D eigenvalue weighted by Gasteiger charge is 2.14. The lowest BCUT2D eigenvalue weighted by Gasteiger charge is -2.08. The van der Waals surface area contributed by atoms with Crippen LogP contribution in [0.25, 0.3) is 5.82 Å². The maximum Gasteiger partial charge on any atom is 0.265 e. The van der Waals surface area contributed by atoms with E-state index >= 15 is 0 Å². The molecule has 7 nitrogen and oxygen atoms in total. The number of aromatic nitrogens is 6. The fourth-order valence-corrected chi connectivity index (χ4v) is 1.98. The van der Waals surface area contributed by atoms with E-state index in [0.717, 1.165) is 11.9 Å². The topological polar surface area (TPSA) is 78.6 Å². The van der Waals surface area contributed by atoms with Gasteiger partial charge in [0.25, 0.3) is 6.43 Å². The molecule has 0 spiro atoms. The van der Waals surface area contributed by atoms with Crippen molar-refractivity contribution in [3.63, 3.8) is 0 Å². The van der Waals surface area contributed by atoms with Gasteiger partial charge in [-0.25, -0.2) is 13.8 Å². The molecule has 0 radical (unpaired) electrons. The Hall–Kier alpha value is -2.97. The van der Waals surface area contributed by atoms with Crippen molar-refractivity contribution in [2.24, 2.45) is 0 Å². The number of halogens is 2. The van der Waals surface area contributed by atoms with E-state index in [1.54, 1.807) is 19.1 Å². The Bertz CT molecular complexity index is 817. The molecule has 0 aliphatic rings. The molecule has 0 atom stereocenters. The first kappa shape index (κ1) is 15.9. The lowest BCUT2D eigenvalue weighted by atomic mass is 10.3. The van der Waals surface area contributed by atoms with E-state index in [9.17, 15) is 8.78 Å². The van der Waals surface area contributed by atoms with Crippen LogP contribution in [0.15, 0.2) is 30.5 Å². The molecule has 124 valence electrons. The highest BCUT2D eigenvalue weighted by Crippen LogP contribution is 2.19. The molecule has 0 aliphatic carbocycles. The number of nitrogens with zero attached hydrogens (tertiary/aromatic N) is 6. The van der Waals surface area contributed by atoms with Crippen LogP contribution < -0.4 is 4.74 Å². The van der Waals surface area contributed by atoms with Crippen molar-refractivity contribution in [3.05, 3.63) is 53.1 Å². The van der Waals surface area contributed by atoms with Crippen molar-refractivity contribution >= 4 is 0 Å². The molecule has 3 aromatic heterocycles. The van der Waals surface area contributed by atoms with Gasteiger partial charge in [0, 0.05) is 17.8 Å². The summed E-state index contributed by atoms with van der Waals surface area (Å²) in [6.07, 6.45) is -1.44. The summed E-state index contributed by atoms with van der Waals surface area (Å²) in [4.78, 5) is 4.01. The van der Waals surface area contributed by atoms with Gasteiger partial charge in [-0.1, -0.05) is 5.21 Å². The molecule has 0 bridgehead atoms. The zero-order chi connectivity index (χ0) is 17.1. The molecule has 0 fully saturated rings. The standard InChI is InChI=1S/C15H14F2N6O/c1-9-3-6-14(21-19-9)24-8-12-10(2)20-22-23(12)13-5-4-11(7-18-13)15(16)17/h3-7,15H,8H2,1-2H3. The van der Waals surface area contributed by atoms with Crippen LogP contribution in [-0.2, 0) is 6.61 Å². The first-order valence-electron chi connectivity index (χ1n) is 7.13. The predicted octanol–water partition coefficient (Wildman–Crippen LogP) is 2.59. The SMILES string of the molecule is Cc1ccc(OCc2c(C)nnn2-c2ccc(C(F)F)cn2)nn1. The van der Waals surface area contributed by atoms with Crippen molar-refractivity contribution in [3.8, 4) is 11.7 Å². The number of hydrogen-bond acceptors (Lipinski definition) is 6. The number of alkyl halides is 2. The highest BCUT2D eigenvalue weighted by molar-refractivity contribution is 5.28. The Morgan fingerprint density at radius 2 is 1.92 bits per heavy atom. The molecule has 0 unspecified atom stereocenters. The number of pyridine rings is 1. The van der Waals surface area contributed by atoms with Gasteiger partial charge in [-0.15, -0.1) is 10.2 Å². The van der Waals surface area contributed by atoms with Gasteiger partial charge in [0.05, 0.1) is 11.4 Å². The highest BCUT2D eigenvalue weighted by atomic mass is 19.3. The van der Waals surface area contributed by atoms with E-state index in [-0.39, 0.29) is 12.2 Å². The second-order valence-electron chi connectivity index (χ2n) is 5.09. The summed E-state index contributed by atoms with van der Waals surface area (Å²) in [5.41, 5.74) is 1.93. The molecule has 3 rings (SSSR count). The van der Waals surface area contributed by atoms with Gasteiger partial charge in [-0.05, 0) is 32.0 Å². The fraction of sp³-hybridized carbons (Fsp3) is 0.267. The van der Waals surface area contributed by atoms with Gasteiger partial charge in [-0.2, -0.15) is 9.78 Å². The monoisotopic (exact) mass is 332 g/mol. The largest absolute Gasteiger partial charge is 0.470 e. The van der Waals surface area contributed by atoms with Gasteiger partial charge in [-0.3, -0.25) is 0 Å². The number of aryl methyl sites for hydroxylation is 2. The number of ether oxygens (including phenoxy) is 1. The summed E-state index contributed by atoms with van der Waals surface area (Å²) in [6.45, 7) is 3.75. The smallest absolute Gasteiger partial charge is 0.265 e. The second-order valence-corrected chi connectivity index (χ2v) is 5.09. The van der Waals surface area contributed by atoms with Crippen molar-refractivity contribution in [1.82, 2.24) is 30.2 Å². The summed E-state index contributed by atoms with van der Waals surface area (Å²) in [6, 6.07) is 6.27. The predicted molar refractivity (Wildman–Crippen MR) is 79.9 cm³/mol. The van der Waals surface area contributed by atoms with Gasteiger partial charge in [0.1, 0.15) is 12.3 Å². The maximum absolute atomic E-state index is 12.6. The second kappa shape index (κ2) is 6.65. The van der Waals surface area contributed by atoms with Crippen LogP contribution in [0.5, 0.6) is 5.88 Å². The third-order valence-electron chi connectivity index (χ3n) is 3.33. The van der Waals surface area contributed by atoms with Crippen molar-refractivity contribution in [2.75, 3.05) is 0 Å². The summed E-state index contributed by atoms with van der Waals surface area (Å²) < 4.78 is 32.3. The molecule has 24 heavy (non-hydrogen) atoms. The van der Waals surface area contributed by atoms with Gasteiger partial charge >= 0.3 is 0 Å². The molecule has 0 saturated carbocycles. The molecular weight excluding hydrogens is 318 g/mol. The summed E-state index contributed by atoms with van der Waals surface area (Å²) >= 11 is 0. The minimum atomic E-state index is -2.56. The molecule has 0 aromatic carbocycles. The first-order chi connectivity index (χ1) is 11.5. The lowest BCUT2D eigenvalue weighted by molar-refractivity contribution is 0.151. The molecule has 3 heterocycles. The van der Waals surface area contributed by atoms with Crippen molar-refractivity contribution in [1.29, 1.82) is 0 Å². The Labute approximate surface area is 136 Å². The first-order valence-corrected chi connectivity index (χ1v) is 7.13. The summed E-state index contributed by atoms with van der Waals surface area (Å²) in [7, 11) is 0. The molecule has 0 amide bonds. The number of hydrogen-bond donors (Lipinski definition) is 0. The Morgan fingerprint density at radius 3 is 2.54 bits per heavy atom. The van der Waals surface area contributed by atoms with Crippen molar-refractivity contribution in [2.45, 2.75) is 26.9 Å². The quantitative estimate of drug-likeness (QED) is 0.714. The molecule has 0 saturated heterocycles. The van der Waals surface area contributed by atoms with Crippen LogP contribution in [0.4, 0.5) is 8.78 Å². The van der Waals surface area contributed by atoms with Crippen LogP contribution in [-0.4, -0.2) is 30.2 Å². The van der Waals surface area contributed by atoms with Crippen LogP contribution >= 0.6 is 0 Å². The minimum absolute atomic E-state index is 0.148. The third kappa shape index (κ3) is 3.34. The van der Waals surface area contributed by atoms with Gasteiger partial charge in [0.15, 0.2) is 5.82 Å². The lowest BCUT2D eigenvalue weighted by Crippen LogP contribution is -2.09. The molecule has 0 aliphatic heterocycles. The van der Waals surface area contributed by atoms with E-state index in [0.29, 0.717) is 23.1 Å². The summed E-state index contributed by atoms with van der Waals surface area (Å²) in [5.74, 6) is 0.752. The Balaban J connectivity index is 1.81. The molecule has 9 heteroatoms. The zero-order valence-corrected chi connectivity index (χ0v) is 13.0. The van der Waals surface area contributed by atoms with Crippen LogP contribution in [0, 0.1) is 13.8 Å². The van der Waals surface area contributed by atoms with Crippen LogP contribution in [0.2, 0.25) is 0 Å². The minimum Gasteiger partial charge on any atom is -0.470 e. The average Bonchev–Trinajstić information content (AvgIpc) is 2.95. The van der Waals surface area contributed by atoms with E-state index in [4.69, 9.17) is 4.74 Å². The Morgan fingerprint density at radius 1 is 1.08 bits per heavy atom. The zero-order valence-electron chi connectivity index (χ0n) is 13.0. The Kier molecular flexibility index (Phi) is 4.41. The van der Waals surface area contributed by atoms with E-state index in [1.165, 1.54) is 16.8 Å². The van der Waals surface area contributed by atoms with Gasteiger partial charge < -0.3 is 4.74 Å². The molecular formula is C15H14F2N6O. The molecule has 0 N–H and O–H groups in total. The van der Waals surface area contributed by atoms with Crippen LogP contribution in [0.1, 0.15) is 29.1 Å². The molecule has 3 aromatic rings. The average molecular weight is 332 g/mol. The fourth-order valence-electron chi connectivity index (χ4n) is 1.98. The third-order valence-corrected chi connectivity index (χ3v) is 3.33. The van der Waals surface area contributed by atoms with E-state index in [1.807, 2.05) is 6.92 Å². The van der Waals surface area contributed by atoms with Crippen molar-refractivity contribution < 1.29 is 13.5 Å². The van der Waals surface area contributed by atoms with Gasteiger partial charge in [0.2, 0.25) is 5.88 Å². The number of rotatable bonds is 5. The van der Waals surface area contributed by atoms with Crippen LogP contribution in [0.3, 0.4) is 0 Å². The summed E-state index contributed by atoms with van der Waals surface area (Å²) in [5, 5.41) is 15.8. The van der Waals surface area contributed by atoms with E-state index in [2.05, 4.69) is 25.5 Å². The normalized spacial score (nSPS) is 11.0. The maximum atomic E-state index is 12.6.